The number of carbonyl (C=O) groups excluding carboxylic acids is 4. The van der Waals surface area contributed by atoms with E-state index in [9.17, 15) is 19.2 Å². The number of carbonyl (C=O) groups is 4. The Morgan fingerprint density at radius 3 is 1.87 bits per heavy atom. The van der Waals surface area contributed by atoms with E-state index in [4.69, 9.17) is 29.4 Å². The summed E-state index contributed by atoms with van der Waals surface area (Å²) in [6, 6.07) is 3.63. The van der Waals surface area contributed by atoms with E-state index < -0.39 is 42.1 Å². The zero-order valence-corrected chi connectivity index (χ0v) is 23.8. The molecule has 2 N–H and O–H groups in total. The Kier molecular flexibility index (Phi) is 13.8. The van der Waals surface area contributed by atoms with Crippen LogP contribution in [0.25, 0.3) is 0 Å². The summed E-state index contributed by atoms with van der Waals surface area (Å²) in [7, 11) is 0. The summed E-state index contributed by atoms with van der Waals surface area (Å²) in [5.74, 6) is -2.10. The zero-order chi connectivity index (χ0) is 29.0. The van der Waals surface area contributed by atoms with Crippen LogP contribution in [0.1, 0.15) is 67.4 Å². The molecule has 0 radical (unpaired) electrons. The molecule has 1 rings (SSSR count). The lowest BCUT2D eigenvalue weighted by Gasteiger charge is -2.19. The first-order valence-corrected chi connectivity index (χ1v) is 13.1. The fourth-order valence-electron chi connectivity index (χ4n) is 2.86. The molecule has 0 aliphatic carbocycles. The molecule has 0 heterocycles. The SMILES string of the molecule is CCCOC(=O)OC[C@H](C)OC(=O)[C@@H](N)Cc1ccc(OC(=O)C(C)C(C)C)c(OC(=O)C(C)C(C)C)c1. The standard InChI is InChI=1S/C28H43NO9/c1-9-12-34-28(33)35-15-18(6)36-27(32)22(29)13-21-10-11-23(37-25(30)19(7)16(2)3)24(14-21)38-26(31)20(8)17(4)5/h10-11,14,16-20,22H,9,12-13,15,29H2,1-8H3/t18-,19?,20?,22-/m0/s1. The van der Waals surface area contributed by atoms with Gasteiger partial charge in [0.15, 0.2) is 11.5 Å². The molecule has 2 unspecified atom stereocenters. The van der Waals surface area contributed by atoms with Gasteiger partial charge in [0.1, 0.15) is 18.8 Å². The molecule has 0 aliphatic heterocycles. The second-order valence-corrected chi connectivity index (χ2v) is 10.2. The first kappa shape index (κ1) is 32.9. The first-order chi connectivity index (χ1) is 17.8. The van der Waals surface area contributed by atoms with Gasteiger partial charge in [-0.1, -0.05) is 54.5 Å². The predicted molar refractivity (Wildman–Crippen MR) is 141 cm³/mol. The normalized spacial score (nSPS) is 14.3. The number of rotatable bonds is 14. The van der Waals surface area contributed by atoms with Crippen molar-refractivity contribution in [1.82, 2.24) is 0 Å². The van der Waals surface area contributed by atoms with Crippen LogP contribution in [0.4, 0.5) is 4.79 Å². The summed E-state index contributed by atoms with van der Waals surface area (Å²) in [4.78, 5) is 49.1. The third-order valence-corrected chi connectivity index (χ3v) is 6.11. The number of hydrogen-bond donors (Lipinski definition) is 1. The van der Waals surface area contributed by atoms with Crippen LogP contribution in [0, 0.1) is 23.7 Å². The first-order valence-electron chi connectivity index (χ1n) is 13.1. The maximum absolute atomic E-state index is 12.7. The zero-order valence-electron chi connectivity index (χ0n) is 23.8. The molecule has 0 bridgehead atoms. The van der Waals surface area contributed by atoms with Crippen LogP contribution in [0.15, 0.2) is 18.2 Å². The van der Waals surface area contributed by atoms with E-state index in [2.05, 4.69) is 0 Å². The van der Waals surface area contributed by atoms with E-state index >= 15 is 0 Å². The Labute approximate surface area is 225 Å². The highest BCUT2D eigenvalue weighted by atomic mass is 16.7. The van der Waals surface area contributed by atoms with Gasteiger partial charge in [0, 0.05) is 0 Å². The molecule has 1 aromatic carbocycles. The molecule has 0 amide bonds. The van der Waals surface area contributed by atoms with Crippen LogP contribution >= 0.6 is 0 Å². The Morgan fingerprint density at radius 2 is 1.34 bits per heavy atom. The molecule has 0 aliphatic rings. The van der Waals surface area contributed by atoms with Gasteiger partial charge in [0.25, 0.3) is 0 Å². The van der Waals surface area contributed by atoms with E-state index in [1.54, 1.807) is 26.8 Å². The molecule has 214 valence electrons. The number of esters is 3. The molecule has 10 heteroatoms. The minimum Gasteiger partial charge on any atom is -0.458 e. The highest BCUT2D eigenvalue weighted by Gasteiger charge is 2.25. The van der Waals surface area contributed by atoms with Crippen LogP contribution in [0.3, 0.4) is 0 Å². The highest BCUT2D eigenvalue weighted by molar-refractivity contribution is 5.79. The van der Waals surface area contributed by atoms with Crippen molar-refractivity contribution in [2.75, 3.05) is 13.2 Å². The average Bonchev–Trinajstić information content (AvgIpc) is 2.86. The van der Waals surface area contributed by atoms with Gasteiger partial charge in [-0.15, -0.1) is 0 Å². The smallest absolute Gasteiger partial charge is 0.458 e. The fraction of sp³-hybridized carbons (Fsp3) is 0.643. The number of benzene rings is 1. The van der Waals surface area contributed by atoms with Gasteiger partial charge in [-0.05, 0) is 49.3 Å². The van der Waals surface area contributed by atoms with E-state index in [1.165, 1.54) is 12.1 Å². The van der Waals surface area contributed by atoms with Crippen LogP contribution < -0.4 is 15.2 Å². The van der Waals surface area contributed by atoms with Crippen LogP contribution in [-0.2, 0) is 35.0 Å². The summed E-state index contributed by atoms with van der Waals surface area (Å²) in [5.41, 5.74) is 6.62. The Hall–Kier alpha value is -3.14. The van der Waals surface area contributed by atoms with Crippen molar-refractivity contribution in [1.29, 1.82) is 0 Å². The number of hydrogen-bond acceptors (Lipinski definition) is 10. The van der Waals surface area contributed by atoms with Gasteiger partial charge in [-0.25, -0.2) is 4.79 Å². The van der Waals surface area contributed by atoms with Gasteiger partial charge in [-0.3, -0.25) is 14.4 Å². The van der Waals surface area contributed by atoms with Crippen molar-refractivity contribution in [2.45, 2.75) is 80.4 Å². The number of nitrogens with two attached hydrogens (primary N) is 1. The minimum absolute atomic E-state index is 0.0420. The van der Waals surface area contributed by atoms with Gasteiger partial charge < -0.3 is 29.4 Å². The third kappa shape index (κ3) is 11.1. The monoisotopic (exact) mass is 537 g/mol. The summed E-state index contributed by atoms with van der Waals surface area (Å²) >= 11 is 0. The molecule has 10 nitrogen and oxygen atoms in total. The summed E-state index contributed by atoms with van der Waals surface area (Å²) < 4.78 is 26.1. The minimum atomic E-state index is -1.04. The lowest BCUT2D eigenvalue weighted by atomic mass is 9.98. The molecule has 0 fully saturated rings. The van der Waals surface area contributed by atoms with E-state index in [-0.39, 0.29) is 48.9 Å². The van der Waals surface area contributed by atoms with Gasteiger partial charge in [0.05, 0.1) is 18.4 Å². The quantitative estimate of drug-likeness (QED) is 0.267. The third-order valence-electron chi connectivity index (χ3n) is 6.11. The molecular formula is C28H43NO9. The van der Waals surface area contributed by atoms with Crippen molar-refractivity contribution in [3.05, 3.63) is 23.8 Å². The van der Waals surface area contributed by atoms with Gasteiger partial charge in [0.2, 0.25) is 0 Å². The molecule has 0 saturated heterocycles. The number of ether oxygens (including phenoxy) is 5. The molecule has 38 heavy (non-hydrogen) atoms. The summed E-state index contributed by atoms with van der Waals surface area (Å²) in [6.45, 7) is 14.6. The Balaban J connectivity index is 2.95. The molecular weight excluding hydrogens is 494 g/mol. The lowest BCUT2D eigenvalue weighted by Crippen LogP contribution is -2.37. The van der Waals surface area contributed by atoms with E-state index in [0.29, 0.717) is 12.0 Å². The predicted octanol–water partition coefficient (Wildman–Crippen LogP) is 4.45. The molecule has 0 spiro atoms. The molecule has 4 atom stereocenters. The maximum atomic E-state index is 12.7. The molecule has 1 aromatic rings. The second-order valence-electron chi connectivity index (χ2n) is 10.2. The average molecular weight is 538 g/mol. The maximum Gasteiger partial charge on any atom is 0.508 e. The Bertz CT molecular complexity index is 944. The topological polar surface area (TPSA) is 140 Å². The lowest BCUT2D eigenvalue weighted by molar-refractivity contribution is -0.152. The van der Waals surface area contributed by atoms with Gasteiger partial charge in [-0.2, -0.15) is 0 Å². The van der Waals surface area contributed by atoms with Crippen molar-refractivity contribution in [3.63, 3.8) is 0 Å². The fourth-order valence-corrected chi connectivity index (χ4v) is 2.86. The summed E-state index contributed by atoms with van der Waals surface area (Å²) in [6.07, 6.45) is -0.851. The van der Waals surface area contributed by atoms with Crippen LogP contribution in [-0.4, -0.2) is 49.4 Å². The van der Waals surface area contributed by atoms with Crippen molar-refractivity contribution in [2.24, 2.45) is 29.4 Å². The van der Waals surface area contributed by atoms with Gasteiger partial charge >= 0.3 is 24.1 Å². The van der Waals surface area contributed by atoms with Crippen molar-refractivity contribution >= 4 is 24.1 Å². The van der Waals surface area contributed by atoms with Crippen LogP contribution in [0.2, 0.25) is 0 Å². The molecule has 0 aromatic heterocycles. The van der Waals surface area contributed by atoms with Crippen molar-refractivity contribution < 1.29 is 42.9 Å². The van der Waals surface area contributed by atoms with Crippen molar-refractivity contribution in [3.8, 4) is 11.5 Å². The summed E-state index contributed by atoms with van der Waals surface area (Å²) in [5, 5.41) is 0. The largest absolute Gasteiger partial charge is 0.508 e. The van der Waals surface area contributed by atoms with E-state index in [0.717, 1.165) is 0 Å². The molecule has 0 saturated carbocycles. The van der Waals surface area contributed by atoms with Crippen LogP contribution in [0.5, 0.6) is 11.5 Å². The second kappa shape index (κ2) is 16.0. The Morgan fingerprint density at radius 1 is 0.789 bits per heavy atom. The van der Waals surface area contributed by atoms with E-state index in [1.807, 2.05) is 34.6 Å². The highest BCUT2D eigenvalue weighted by Crippen LogP contribution is 2.31.